The summed E-state index contributed by atoms with van der Waals surface area (Å²) >= 11 is 0. The molecule has 0 aliphatic rings. The molecule has 0 N–H and O–H groups in total. The van der Waals surface area contributed by atoms with E-state index in [0.29, 0.717) is 0 Å². The van der Waals surface area contributed by atoms with Crippen molar-refractivity contribution in [2.24, 2.45) is 0 Å². The summed E-state index contributed by atoms with van der Waals surface area (Å²) in [6.07, 6.45) is 0.0931. The second kappa shape index (κ2) is 5.26. The van der Waals surface area contributed by atoms with Gasteiger partial charge in [-0.1, -0.05) is 30.3 Å². The van der Waals surface area contributed by atoms with E-state index in [2.05, 4.69) is 0 Å². The van der Waals surface area contributed by atoms with E-state index in [1.807, 2.05) is 58.0 Å². The lowest BCUT2D eigenvalue weighted by molar-refractivity contribution is -0.129. The number of Topliss-reactive ketones (excluding diaryl/α,β-unsaturated/α-hetero) is 1. The number of carbonyl (C=O) groups excluding carboxylic acids is 1. The fourth-order valence-corrected chi connectivity index (χ4v) is 1.44. The molecule has 0 atom stereocenters. The molecule has 16 heavy (non-hydrogen) atoms. The zero-order valence-electron chi connectivity index (χ0n) is 10.5. The Balaban J connectivity index is 2.74. The first-order valence-electron chi connectivity index (χ1n) is 5.65. The number of ketones is 1. The van der Waals surface area contributed by atoms with Gasteiger partial charge < -0.3 is 4.74 Å². The minimum atomic E-state index is -0.476. The van der Waals surface area contributed by atoms with Crippen molar-refractivity contribution < 1.29 is 9.53 Å². The Morgan fingerprint density at radius 1 is 1.25 bits per heavy atom. The number of carbonyl (C=O) groups is 1. The standard InChI is InChI=1S/C14H20O2/c1-11(2)16-10-13(15)14(3,4)12-8-6-5-7-9-12/h5-9,11H,10H2,1-4H3. The van der Waals surface area contributed by atoms with E-state index in [1.165, 1.54) is 0 Å². The highest BCUT2D eigenvalue weighted by atomic mass is 16.5. The molecule has 0 amide bonds. The van der Waals surface area contributed by atoms with Gasteiger partial charge in [0.05, 0.1) is 11.5 Å². The average molecular weight is 220 g/mol. The van der Waals surface area contributed by atoms with Crippen molar-refractivity contribution in [3.63, 3.8) is 0 Å². The number of benzene rings is 1. The first-order chi connectivity index (χ1) is 7.44. The van der Waals surface area contributed by atoms with Gasteiger partial charge in [0.15, 0.2) is 5.78 Å². The molecule has 0 saturated heterocycles. The minimum absolute atomic E-state index is 0.0931. The van der Waals surface area contributed by atoms with Crippen molar-refractivity contribution in [1.82, 2.24) is 0 Å². The molecule has 1 aromatic carbocycles. The van der Waals surface area contributed by atoms with Gasteiger partial charge in [0, 0.05) is 0 Å². The van der Waals surface area contributed by atoms with E-state index < -0.39 is 5.41 Å². The van der Waals surface area contributed by atoms with Crippen LogP contribution in [0.4, 0.5) is 0 Å². The van der Waals surface area contributed by atoms with Gasteiger partial charge in [0.1, 0.15) is 6.61 Å². The summed E-state index contributed by atoms with van der Waals surface area (Å²) in [6.45, 7) is 7.92. The first kappa shape index (κ1) is 12.9. The monoisotopic (exact) mass is 220 g/mol. The van der Waals surface area contributed by atoms with Crippen molar-refractivity contribution >= 4 is 5.78 Å². The fraction of sp³-hybridized carbons (Fsp3) is 0.500. The lowest BCUT2D eigenvalue weighted by Crippen LogP contribution is -2.33. The number of rotatable bonds is 5. The highest BCUT2D eigenvalue weighted by Gasteiger charge is 2.29. The van der Waals surface area contributed by atoms with Crippen LogP contribution in [0.5, 0.6) is 0 Å². The highest BCUT2D eigenvalue weighted by molar-refractivity contribution is 5.90. The van der Waals surface area contributed by atoms with Crippen LogP contribution in [0.1, 0.15) is 33.3 Å². The van der Waals surface area contributed by atoms with E-state index in [0.717, 1.165) is 5.56 Å². The molecule has 2 heteroatoms. The lowest BCUT2D eigenvalue weighted by atomic mass is 9.81. The summed E-state index contributed by atoms with van der Waals surface area (Å²) in [6, 6.07) is 9.82. The number of hydrogen-bond donors (Lipinski definition) is 0. The van der Waals surface area contributed by atoms with Crippen LogP contribution in [0.3, 0.4) is 0 Å². The van der Waals surface area contributed by atoms with Gasteiger partial charge in [-0.3, -0.25) is 4.79 Å². The normalized spacial score (nSPS) is 11.8. The summed E-state index contributed by atoms with van der Waals surface area (Å²) in [5.74, 6) is 0.118. The lowest BCUT2D eigenvalue weighted by Gasteiger charge is -2.24. The maximum absolute atomic E-state index is 12.0. The summed E-state index contributed by atoms with van der Waals surface area (Å²) < 4.78 is 5.36. The molecule has 0 fully saturated rings. The Kier molecular flexibility index (Phi) is 4.25. The SMILES string of the molecule is CC(C)OCC(=O)C(C)(C)c1ccccc1. The predicted molar refractivity (Wildman–Crippen MR) is 65.6 cm³/mol. The highest BCUT2D eigenvalue weighted by Crippen LogP contribution is 2.24. The molecule has 1 rings (SSSR count). The Hall–Kier alpha value is -1.15. The molecule has 0 aromatic heterocycles. The maximum Gasteiger partial charge on any atom is 0.168 e. The topological polar surface area (TPSA) is 26.3 Å². The van der Waals surface area contributed by atoms with Crippen molar-refractivity contribution in [1.29, 1.82) is 0 Å². The van der Waals surface area contributed by atoms with Gasteiger partial charge in [0.25, 0.3) is 0 Å². The summed E-state index contributed by atoms with van der Waals surface area (Å²) in [7, 11) is 0. The van der Waals surface area contributed by atoms with Crippen molar-refractivity contribution in [3.05, 3.63) is 35.9 Å². The van der Waals surface area contributed by atoms with Gasteiger partial charge in [-0.2, -0.15) is 0 Å². The summed E-state index contributed by atoms with van der Waals surface area (Å²) in [4.78, 5) is 12.0. The second-order valence-electron chi connectivity index (χ2n) is 4.77. The average Bonchev–Trinajstić information content (AvgIpc) is 2.27. The molecule has 0 aliphatic heterocycles. The van der Waals surface area contributed by atoms with E-state index in [-0.39, 0.29) is 18.5 Å². The molecule has 2 nitrogen and oxygen atoms in total. The summed E-state index contributed by atoms with van der Waals surface area (Å²) in [5, 5.41) is 0. The smallest absolute Gasteiger partial charge is 0.168 e. The molecular formula is C14H20O2. The second-order valence-corrected chi connectivity index (χ2v) is 4.77. The molecule has 0 saturated carbocycles. The van der Waals surface area contributed by atoms with Gasteiger partial charge in [-0.05, 0) is 33.3 Å². The number of hydrogen-bond acceptors (Lipinski definition) is 2. The van der Waals surface area contributed by atoms with Gasteiger partial charge in [0.2, 0.25) is 0 Å². The molecular weight excluding hydrogens is 200 g/mol. The zero-order valence-corrected chi connectivity index (χ0v) is 10.5. The van der Waals surface area contributed by atoms with Crippen LogP contribution in [0.2, 0.25) is 0 Å². The molecule has 88 valence electrons. The Labute approximate surface area is 97.6 Å². The van der Waals surface area contributed by atoms with E-state index >= 15 is 0 Å². The number of ether oxygens (including phenoxy) is 1. The van der Waals surface area contributed by atoms with Crippen LogP contribution in [-0.2, 0) is 14.9 Å². The third-order valence-corrected chi connectivity index (χ3v) is 2.74. The quantitative estimate of drug-likeness (QED) is 0.762. The predicted octanol–water partition coefficient (Wildman–Crippen LogP) is 2.96. The van der Waals surface area contributed by atoms with Gasteiger partial charge >= 0.3 is 0 Å². The third kappa shape index (κ3) is 3.17. The molecule has 1 aromatic rings. The van der Waals surface area contributed by atoms with Crippen LogP contribution >= 0.6 is 0 Å². The van der Waals surface area contributed by atoms with E-state index in [9.17, 15) is 4.79 Å². The van der Waals surface area contributed by atoms with Crippen LogP contribution in [0, 0.1) is 0 Å². The van der Waals surface area contributed by atoms with Gasteiger partial charge in [-0.15, -0.1) is 0 Å². The summed E-state index contributed by atoms with van der Waals surface area (Å²) in [5.41, 5.74) is 0.559. The van der Waals surface area contributed by atoms with E-state index in [1.54, 1.807) is 0 Å². The molecule has 0 unspecified atom stereocenters. The first-order valence-corrected chi connectivity index (χ1v) is 5.65. The molecule has 0 heterocycles. The van der Waals surface area contributed by atoms with Gasteiger partial charge in [-0.25, -0.2) is 0 Å². The fourth-order valence-electron chi connectivity index (χ4n) is 1.44. The van der Waals surface area contributed by atoms with Crippen LogP contribution < -0.4 is 0 Å². The van der Waals surface area contributed by atoms with Crippen LogP contribution in [0.25, 0.3) is 0 Å². The van der Waals surface area contributed by atoms with Crippen LogP contribution in [0.15, 0.2) is 30.3 Å². The molecule has 0 spiro atoms. The van der Waals surface area contributed by atoms with Crippen molar-refractivity contribution in [2.75, 3.05) is 6.61 Å². The molecule has 0 radical (unpaired) electrons. The largest absolute Gasteiger partial charge is 0.371 e. The third-order valence-electron chi connectivity index (χ3n) is 2.74. The van der Waals surface area contributed by atoms with Crippen LogP contribution in [-0.4, -0.2) is 18.5 Å². The maximum atomic E-state index is 12.0. The Morgan fingerprint density at radius 3 is 2.31 bits per heavy atom. The van der Waals surface area contributed by atoms with Crippen molar-refractivity contribution in [3.8, 4) is 0 Å². The van der Waals surface area contributed by atoms with E-state index in [4.69, 9.17) is 4.74 Å². The minimum Gasteiger partial charge on any atom is -0.371 e. The zero-order chi connectivity index (χ0) is 12.2. The van der Waals surface area contributed by atoms with Crippen molar-refractivity contribution in [2.45, 2.75) is 39.2 Å². The Morgan fingerprint density at radius 2 is 1.81 bits per heavy atom. The Bertz CT molecular complexity index is 339. The molecule has 0 bridgehead atoms. The molecule has 0 aliphatic carbocycles.